The lowest BCUT2D eigenvalue weighted by Crippen LogP contribution is -2.23. The van der Waals surface area contributed by atoms with Crippen molar-refractivity contribution in [1.29, 1.82) is 0 Å². The van der Waals surface area contributed by atoms with E-state index in [0.29, 0.717) is 5.69 Å². The molecule has 0 fully saturated rings. The van der Waals surface area contributed by atoms with Gasteiger partial charge in [-0.2, -0.15) is 0 Å². The van der Waals surface area contributed by atoms with Gasteiger partial charge in [0.15, 0.2) is 0 Å². The zero-order valence-electron chi connectivity index (χ0n) is 16.5. The Morgan fingerprint density at radius 2 is 1.93 bits per heavy atom. The summed E-state index contributed by atoms with van der Waals surface area (Å²) < 4.78 is 0. The molecule has 0 atom stereocenters. The van der Waals surface area contributed by atoms with Crippen molar-refractivity contribution in [3.8, 4) is 0 Å². The van der Waals surface area contributed by atoms with Crippen LogP contribution in [-0.4, -0.2) is 34.5 Å². The maximum absolute atomic E-state index is 12.8. The number of hydrogen-bond acceptors (Lipinski definition) is 5. The third-order valence-corrected chi connectivity index (χ3v) is 4.74. The highest BCUT2D eigenvalue weighted by atomic mass is 16.1. The van der Waals surface area contributed by atoms with E-state index in [-0.39, 0.29) is 5.91 Å². The number of aryl methyl sites for hydroxylation is 2. The Labute approximate surface area is 165 Å². The van der Waals surface area contributed by atoms with E-state index < -0.39 is 0 Å². The van der Waals surface area contributed by atoms with Gasteiger partial charge in [-0.1, -0.05) is 25.1 Å². The first-order valence-electron chi connectivity index (χ1n) is 9.40. The Kier molecular flexibility index (Phi) is 6.32. The summed E-state index contributed by atoms with van der Waals surface area (Å²) in [6.45, 7) is 4.85. The van der Waals surface area contributed by atoms with Gasteiger partial charge in [0.1, 0.15) is 17.8 Å². The summed E-state index contributed by atoms with van der Waals surface area (Å²) in [5.41, 5.74) is 4.57. The Balaban J connectivity index is 1.71. The maximum atomic E-state index is 12.8. The van der Waals surface area contributed by atoms with Gasteiger partial charge >= 0.3 is 0 Å². The highest BCUT2D eigenvalue weighted by molar-refractivity contribution is 6.04. The van der Waals surface area contributed by atoms with E-state index in [1.165, 1.54) is 11.9 Å². The third-order valence-electron chi connectivity index (χ3n) is 4.74. The molecule has 2 aromatic heterocycles. The molecule has 0 aliphatic rings. The van der Waals surface area contributed by atoms with Crippen molar-refractivity contribution < 1.29 is 4.79 Å². The van der Waals surface area contributed by atoms with Gasteiger partial charge in [-0.25, -0.2) is 9.97 Å². The monoisotopic (exact) mass is 375 g/mol. The molecule has 1 amide bonds. The predicted octanol–water partition coefficient (Wildman–Crippen LogP) is 3.67. The minimum atomic E-state index is -0.227. The zero-order chi connectivity index (χ0) is 19.9. The molecule has 3 aromatic rings. The van der Waals surface area contributed by atoms with Crippen LogP contribution in [0.25, 0.3) is 0 Å². The highest BCUT2D eigenvalue weighted by Crippen LogP contribution is 2.22. The van der Waals surface area contributed by atoms with Crippen LogP contribution in [0, 0.1) is 6.92 Å². The molecular weight excluding hydrogens is 350 g/mol. The number of benzene rings is 1. The number of carbonyl (C=O) groups is 1. The lowest BCUT2D eigenvalue weighted by atomic mass is 10.1. The number of likely N-dealkylation sites (N-methyl/N-ethyl adjacent to an activating group) is 1. The molecule has 0 aliphatic heterocycles. The number of anilines is 2. The molecule has 0 aliphatic carbocycles. The van der Waals surface area contributed by atoms with E-state index in [9.17, 15) is 4.79 Å². The van der Waals surface area contributed by atoms with Crippen molar-refractivity contribution in [3.05, 3.63) is 77.5 Å². The normalized spacial score (nSPS) is 10.5. The summed E-state index contributed by atoms with van der Waals surface area (Å²) in [7, 11) is 1.96. The van der Waals surface area contributed by atoms with Gasteiger partial charge in [-0.05, 0) is 48.6 Å². The average molecular weight is 375 g/mol. The van der Waals surface area contributed by atoms with Gasteiger partial charge in [-0.15, -0.1) is 0 Å². The molecule has 3 rings (SSSR count). The second-order valence-electron chi connectivity index (χ2n) is 6.71. The van der Waals surface area contributed by atoms with Crippen LogP contribution in [0.3, 0.4) is 0 Å². The second-order valence-corrected chi connectivity index (χ2v) is 6.71. The Morgan fingerprint density at radius 1 is 1.14 bits per heavy atom. The van der Waals surface area contributed by atoms with E-state index in [0.717, 1.165) is 42.0 Å². The fraction of sp³-hybridized carbons (Fsp3) is 0.273. The SMILES string of the molecule is CCc1cccc(C)c1NC(=O)c1cc(N(C)CCc2ccncc2)ncn1. The lowest BCUT2D eigenvalue weighted by molar-refractivity contribution is 0.102. The smallest absolute Gasteiger partial charge is 0.274 e. The lowest BCUT2D eigenvalue weighted by Gasteiger charge is -2.18. The number of para-hydroxylation sites is 1. The summed E-state index contributed by atoms with van der Waals surface area (Å²) in [5.74, 6) is 0.491. The molecule has 0 saturated carbocycles. The summed E-state index contributed by atoms with van der Waals surface area (Å²) >= 11 is 0. The maximum Gasteiger partial charge on any atom is 0.274 e. The van der Waals surface area contributed by atoms with Crippen LogP contribution in [-0.2, 0) is 12.8 Å². The molecule has 0 saturated heterocycles. The van der Waals surface area contributed by atoms with Crippen molar-refractivity contribution in [2.75, 3.05) is 23.8 Å². The molecule has 0 radical (unpaired) electrons. The van der Waals surface area contributed by atoms with Crippen molar-refractivity contribution in [3.63, 3.8) is 0 Å². The van der Waals surface area contributed by atoms with Crippen LogP contribution < -0.4 is 10.2 Å². The molecular formula is C22H25N5O. The van der Waals surface area contributed by atoms with Gasteiger partial charge in [0.2, 0.25) is 0 Å². The topological polar surface area (TPSA) is 71.0 Å². The highest BCUT2D eigenvalue weighted by Gasteiger charge is 2.14. The number of carbonyl (C=O) groups excluding carboxylic acids is 1. The number of hydrogen-bond donors (Lipinski definition) is 1. The summed E-state index contributed by atoms with van der Waals surface area (Å²) in [6.07, 6.45) is 6.74. The minimum absolute atomic E-state index is 0.227. The zero-order valence-corrected chi connectivity index (χ0v) is 16.5. The van der Waals surface area contributed by atoms with E-state index in [2.05, 4.69) is 27.2 Å². The first-order chi connectivity index (χ1) is 13.6. The molecule has 0 bridgehead atoms. The van der Waals surface area contributed by atoms with Crippen LogP contribution in [0.2, 0.25) is 0 Å². The predicted molar refractivity (Wildman–Crippen MR) is 112 cm³/mol. The fourth-order valence-corrected chi connectivity index (χ4v) is 3.02. The van der Waals surface area contributed by atoms with Crippen LogP contribution >= 0.6 is 0 Å². The van der Waals surface area contributed by atoms with Gasteiger partial charge in [0, 0.05) is 37.7 Å². The number of rotatable bonds is 7. The van der Waals surface area contributed by atoms with Gasteiger partial charge < -0.3 is 10.2 Å². The Hall–Kier alpha value is -3.28. The molecule has 6 nitrogen and oxygen atoms in total. The van der Waals surface area contributed by atoms with Crippen LogP contribution in [0.15, 0.2) is 55.1 Å². The van der Waals surface area contributed by atoms with Gasteiger partial charge in [0.25, 0.3) is 5.91 Å². The fourth-order valence-electron chi connectivity index (χ4n) is 3.02. The molecule has 28 heavy (non-hydrogen) atoms. The summed E-state index contributed by atoms with van der Waals surface area (Å²) in [4.78, 5) is 27.3. The van der Waals surface area contributed by atoms with Crippen molar-refractivity contribution >= 4 is 17.4 Å². The summed E-state index contributed by atoms with van der Waals surface area (Å²) in [6, 6.07) is 11.8. The molecule has 6 heteroatoms. The second kappa shape index (κ2) is 9.08. The van der Waals surface area contributed by atoms with E-state index in [1.54, 1.807) is 18.5 Å². The van der Waals surface area contributed by atoms with E-state index in [1.807, 2.05) is 49.2 Å². The number of nitrogens with one attached hydrogen (secondary N) is 1. The third kappa shape index (κ3) is 4.71. The van der Waals surface area contributed by atoms with E-state index in [4.69, 9.17) is 0 Å². The largest absolute Gasteiger partial charge is 0.359 e. The number of pyridine rings is 1. The molecule has 0 spiro atoms. The first kappa shape index (κ1) is 19.5. The standard InChI is InChI=1S/C22H25N5O/c1-4-18-7-5-6-16(2)21(18)26-22(28)19-14-20(25-15-24-19)27(3)13-10-17-8-11-23-12-9-17/h5-9,11-12,14-15H,4,10,13H2,1-3H3,(H,26,28). The van der Waals surface area contributed by atoms with Crippen LogP contribution in [0.1, 0.15) is 34.1 Å². The van der Waals surface area contributed by atoms with Gasteiger partial charge in [0.05, 0.1) is 0 Å². The van der Waals surface area contributed by atoms with Crippen molar-refractivity contribution in [2.24, 2.45) is 0 Å². The number of nitrogens with zero attached hydrogens (tertiary/aromatic N) is 4. The van der Waals surface area contributed by atoms with Crippen LogP contribution in [0.5, 0.6) is 0 Å². The molecule has 1 aromatic carbocycles. The van der Waals surface area contributed by atoms with Crippen LogP contribution in [0.4, 0.5) is 11.5 Å². The number of aromatic nitrogens is 3. The number of amides is 1. The minimum Gasteiger partial charge on any atom is -0.359 e. The average Bonchev–Trinajstić information content (AvgIpc) is 2.74. The van der Waals surface area contributed by atoms with E-state index >= 15 is 0 Å². The molecule has 0 unspecified atom stereocenters. The molecule has 144 valence electrons. The van der Waals surface area contributed by atoms with Crippen molar-refractivity contribution in [1.82, 2.24) is 15.0 Å². The molecule has 1 N–H and O–H groups in total. The Bertz CT molecular complexity index is 943. The molecule has 2 heterocycles. The first-order valence-corrected chi connectivity index (χ1v) is 9.40. The Morgan fingerprint density at radius 3 is 2.68 bits per heavy atom. The summed E-state index contributed by atoms with van der Waals surface area (Å²) in [5, 5.41) is 3.02. The van der Waals surface area contributed by atoms with Gasteiger partial charge in [-0.3, -0.25) is 9.78 Å². The quantitative estimate of drug-likeness (QED) is 0.682. The van der Waals surface area contributed by atoms with Crippen molar-refractivity contribution in [2.45, 2.75) is 26.7 Å².